The minimum Gasteiger partial charge on any atom is -0.456 e. The van der Waals surface area contributed by atoms with E-state index in [2.05, 4.69) is 98.6 Å². The second-order valence-electron chi connectivity index (χ2n) is 7.54. The van der Waals surface area contributed by atoms with Gasteiger partial charge in [0.05, 0.1) is 11.5 Å². The first-order valence-corrected chi connectivity index (χ1v) is 11.2. The lowest BCUT2D eigenvalue weighted by molar-refractivity contribution is -2.00. The maximum absolute atomic E-state index is 8.49. The van der Waals surface area contributed by atoms with Crippen LogP contribution in [0.4, 0.5) is 0 Å². The second-order valence-corrected chi connectivity index (χ2v) is 8.30. The molecule has 0 radical (unpaired) electrons. The number of fused-ring (bicyclic) bond motifs is 1. The van der Waals surface area contributed by atoms with Crippen LogP contribution in [0.2, 0.25) is 0 Å². The van der Waals surface area contributed by atoms with Gasteiger partial charge in [0.25, 0.3) is 0 Å². The number of hydrogen-bond acceptors (Lipinski definition) is 5. The van der Waals surface area contributed by atoms with Crippen LogP contribution in [0.25, 0.3) is 22.3 Å². The third-order valence-electron chi connectivity index (χ3n) is 4.93. The van der Waals surface area contributed by atoms with E-state index >= 15 is 0 Å². The first-order valence-electron chi connectivity index (χ1n) is 9.98. The molecule has 4 rings (SSSR count). The zero-order chi connectivity index (χ0) is 23.3. The predicted octanol–water partition coefficient (Wildman–Crippen LogP) is -0.297. The minimum absolute atomic E-state index is 0.197. The summed E-state index contributed by atoms with van der Waals surface area (Å²) in [5.41, 5.74) is 5.69. The summed E-state index contributed by atoms with van der Waals surface area (Å²) in [5.74, 6) is 0.870. The first kappa shape index (κ1) is 23.7. The van der Waals surface area contributed by atoms with Gasteiger partial charge in [-0.15, -0.1) is 10.2 Å². The van der Waals surface area contributed by atoms with Crippen molar-refractivity contribution in [3.63, 3.8) is 0 Å². The van der Waals surface area contributed by atoms with E-state index in [0.717, 1.165) is 27.7 Å². The molecule has 1 heterocycles. The lowest BCUT2D eigenvalue weighted by Gasteiger charge is -2.17. The van der Waals surface area contributed by atoms with E-state index in [4.69, 9.17) is 23.1 Å². The number of hydrogen-bond donors (Lipinski definition) is 1. The monoisotopic (exact) mass is 453 g/mol. The molecule has 0 aliphatic carbocycles. The Balaban J connectivity index is 0.000000523. The molecule has 1 atom stereocenters. The van der Waals surface area contributed by atoms with Gasteiger partial charge in [0.1, 0.15) is 11.3 Å². The molecule has 0 amide bonds. The maximum atomic E-state index is 8.49. The van der Waals surface area contributed by atoms with Gasteiger partial charge in [-0.3, -0.25) is 0 Å². The van der Waals surface area contributed by atoms with Gasteiger partial charge in [-0.1, -0.05) is 71.8 Å². The van der Waals surface area contributed by atoms with Crippen molar-refractivity contribution in [1.82, 2.24) is 0 Å². The van der Waals surface area contributed by atoms with Gasteiger partial charge in [0, 0.05) is 18.1 Å². The number of benzene rings is 3. The highest BCUT2D eigenvalue weighted by Crippen LogP contribution is 2.22. The first-order chi connectivity index (χ1) is 15.1. The summed E-state index contributed by atoms with van der Waals surface area (Å²) in [6.07, 6.45) is 0. The van der Waals surface area contributed by atoms with E-state index in [9.17, 15) is 0 Å². The Morgan fingerprint density at radius 3 is 2.00 bits per heavy atom. The highest BCUT2D eigenvalue weighted by Gasteiger charge is 2.12. The largest absolute Gasteiger partial charge is 0.456 e. The molecule has 0 spiro atoms. The standard InChI is InChI=1S/C25H23NO.ClHO4/c1-17-9-12-21(13-10-17)25-16-23(22-15-18(2)11-14-24(22)27-25)26-19(3)20-7-5-4-6-8-20;2-1(3,4)5/h4-16,19H,1-3H3;(H,2,3,4,5). The van der Waals surface area contributed by atoms with E-state index in [0.29, 0.717) is 0 Å². The van der Waals surface area contributed by atoms with Gasteiger partial charge in [-0.05, 0) is 26.0 Å². The zero-order valence-electron chi connectivity index (χ0n) is 18.0. The van der Waals surface area contributed by atoms with E-state index in [1.807, 2.05) is 6.07 Å². The highest BCUT2D eigenvalue weighted by molar-refractivity contribution is 5.78. The highest BCUT2D eigenvalue weighted by atomic mass is 35.7. The molecule has 0 aliphatic heterocycles. The van der Waals surface area contributed by atoms with Crippen molar-refractivity contribution < 1.29 is 38.3 Å². The summed E-state index contributed by atoms with van der Waals surface area (Å²) in [6.45, 7) is 6.39. The van der Waals surface area contributed by atoms with Crippen molar-refractivity contribution in [2.75, 3.05) is 0 Å². The van der Waals surface area contributed by atoms with E-state index in [1.54, 1.807) is 0 Å². The van der Waals surface area contributed by atoms with Crippen LogP contribution in [0.15, 0.2) is 83.3 Å². The van der Waals surface area contributed by atoms with Crippen LogP contribution in [-0.4, -0.2) is 0 Å². The summed E-state index contributed by atoms with van der Waals surface area (Å²) in [5, 5.41) is 2.19. The van der Waals surface area contributed by atoms with Crippen molar-refractivity contribution in [1.29, 1.82) is 0 Å². The third-order valence-corrected chi connectivity index (χ3v) is 4.93. The van der Waals surface area contributed by atoms with Gasteiger partial charge in [-0.2, -0.15) is 0 Å². The number of rotatable bonds is 3. The second kappa shape index (κ2) is 10.1. The summed E-state index contributed by atoms with van der Waals surface area (Å²) in [4.78, 5) is 3.69. The zero-order valence-corrected chi connectivity index (χ0v) is 18.8. The minimum atomic E-state index is -4.94. The summed E-state index contributed by atoms with van der Waals surface area (Å²) >= 11 is 0. The molecular formula is C25H24ClNO5. The van der Waals surface area contributed by atoms with Crippen LogP contribution in [0.3, 0.4) is 0 Å². The quantitative estimate of drug-likeness (QED) is 0.457. The molecule has 4 aromatic rings. The molecule has 0 saturated carbocycles. The Labute approximate surface area is 188 Å². The molecule has 3 aromatic carbocycles. The molecule has 0 bridgehead atoms. The summed E-state index contributed by atoms with van der Waals surface area (Å²) < 4.78 is 40.2. The fraction of sp³-hybridized carbons (Fsp3) is 0.160. The van der Waals surface area contributed by atoms with E-state index < -0.39 is 10.2 Å². The Bertz CT molecular complexity index is 1240. The number of nitrogens with one attached hydrogen (secondary N) is 1. The van der Waals surface area contributed by atoms with Gasteiger partial charge < -0.3 is 4.42 Å². The average molecular weight is 454 g/mol. The topological polar surface area (TPSA) is 119 Å². The number of aryl methyl sites for hydroxylation is 2. The lowest BCUT2D eigenvalue weighted by atomic mass is 10.1. The van der Waals surface area contributed by atoms with Crippen molar-refractivity contribution in [2.45, 2.75) is 26.8 Å². The molecular weight excluding hydrogens is 430 g/mol. The Kier molecular flexibility index (Phi) is 7.45. The molecule has 1 aromatic heterocycles. The third kappa shape index (κ3) is 6.75. The smallest absolute Gasteiger partial charge is 0.213 e. The van der Waals surface area contributed by atoms with Gasteiger partial charge in [0.15, 0.2) is 6.04 Å². The molecule has 32 heavy (non-hydrogen) atoms. The van der Waals surface area contributed by atoms with Crippen LogP contribution in [-0.2, 0) is 0 Å². The average Bonchev–Trinajstić information content (AvgIpc) is 2.74. The van der Waals surface area contributed by atoms with E-state index in [1.165, 1.54) is 16.7 Å². The molecule has 1 unspecified atom stereocenters. The van der Waals surface area contributed by atoms with Crippen LogP contribution in [0.1, 0.15) is 29.7 Å². The Hall–Kier alpha value is -3.00. The maximum Gasteiger partial charge on any atom is 0.213 e. The molecule has 0 fully saturated rings. The Morgan fingerprint density at radius 1 is 0.781 bits per heavy atom. The van der Waals surface area contributed by atoms with Crippen LogP contribution in [0, 0.1) is 24.1 Å². The lowest BCUT2D eigenvalue weighted by Crippen LogP contribution is -2.77. The molecule has 7 heteroatoms. The molecule has 0 aliphatic rings. The SMILES string of the molecule is Cc1ccc(-c2cc(=[NH+]C(C)c3ccccc3)c3cc(C)ccc3o2)cc1.[O-][Cl+3]([O-])([O-])[O-]. The van der Waals surface area contributed by atoms with Gasteiger partial charge in [-0.25, -0.2) is 23.6 Å². The number of halogens is 1. The van der Waals surface area contributed by atoms with Crippen molar-refractivity contribution in [3.8, 4) is 11.3 Å². The van der Waals surface area contributed by atoms with Crippen LogP contribution in [0.5, 0.6) is 0 Å². The fourth-order valence-corrected chi connectivity index (χ4v) is 3.34. The van der Waals surface area contributed by atoms with Crippen LogP contribution >= 0.6 is 0 Å². The van der Waals surface area contributed by atoms with Crippen molar-refractivity contribution in [3.05, 3.63) is 101 Å². The van der Waals surface area contributed by atoms with Gasteiger partial charge in [0.2, 0.25) is 5.36 Å². The normalized spacial score (nSPS) is 12.9. The summed E-state index contributed by atoms with van der Waals surface area (Å²) in [6, 6.07) is 27.6. The molecule has 0 saturated heterocycles. The van der Waals surface area contributed by atoms with Crippen molar-refractivity contribution in [2.24, 2.45) is 0 Å². The van der Waals surface area contributed by atoms with Crippen LogP contribution < -0.4 is 29.0 Å². The Morgan fingerprint density at radius 2 is 1.38 bits per heavy atom. The molecule has 166 valence electrons. The summed E-state index contributed by atoms with van der Waals surface area (Å²) in [7, 11) is -4.94. The predicted molar refractivity (Wildman–Crippen MR) is 110 cm³/mol. The van der Waals surface area contributed by atoms with E-state index in [-0.39, 0.29) is 6.04 Å². The van der Waals surface area contributed by atoms with Crippen molar-refractivity contribution >= 4 is 11.0 Å². The van der Waals surface area contributed by atoms with Gasteiger partial charge >= 0.3 is 0 Å². The fourth-order valence-electron chi connectivity index (χ4n) is 3.34. The molecule has 6 nitrogen and oxygen atoms in total. The molecule has 1 N–H and O–H groups in total.